The van der Waals surface area contributed by atoms with Crippen molar-refractivity contribution < 1.29 is 14.3 Å². The zero-order chi connectivity index (χ0) is 17.8. The molecule has 8 heteroatoms. The molecule has 1 aliphatic heterocycles. The van der Waals surface area contributed by atoms with Crippen molar-refractivity contribution in [3.63, 3.8) is 0 Å². The Kier molecular flexibility index (Phi) is 3.75. The summed E-state index contributed by atoms with van der Waals surface area (Å²) in [5, 5.41) is 4.86. The number of rotatable bonds is 3. The van der Waals surface area contributed by atoms with Gasteiger partial charge in [0.1, 0.15) is 11.3 Å². The van der Waals surface area contributed by atoms with Crippen LogP contribution in [-0.2, 0) is 4.74 Å². The number of carbonyl (C=O) groups excluding carboxylic acids is 2. The van der Waals surface area contributed by atoms with Crippen LogP contribution in [0.15, 0.2) is 17.8 Å². The third kappa shape index (κ3) is 3.22. The van der Waals surface area contributed by atoms with Crippen LogP contribution < -0.4 is 5.32 Å². The topological polar surface area (TPSA) is 75.9 Å². The molecule has 0 spiro atoms. The number of aromatic nitrogens is 2. The van der Waals surface area contributed by atoms with Crippen molar-refractivity contribution in [1.82, 2.24) is 19.6 Å². The molecule has 7 nitrogen and oxygen atoms in total. The van der Waals surface area contributed by atoms with E-state index in [9.17, 15) is 9.59 Å². The molecule has 3 heterocycles. The first-order valence-corrected chi connectivity index (χ1v) is 9.40. The van der Waals surface area contributed by atoms with Gasteiger partial charge in [-0.1, -0.05) is 0 Å². The van der Waals surface area contributed by atoms with Gasteiger partial charge in [0.25, 0.3) is 5.91 Å². The maximum absolute atomic E-state index is 12.4. The van der Waals surface area contributed by atoms with Crippen LogP contribution in [0, 0.1) is 11.8 Å². The lowest BCUT2D eigenvalue weighted by molar-refractivity contribution is 0.0192. The molecule has 2 aliphatic rings. The van der Waals surface area contributed by atoms with Gasteiger partial charge in [-0.05, 0) is 39.0 Å². The zero-order valence-corrected chi connectivity index (χ0v) is 15.4. The molecule has 1 saturated heterocycles. The Bertz CT molecular complexity index is 793. The quantitative estimate of drug-likeness (QED) is 0.910. The van der Waals surface area contributed by atoms with Gasteiger partial charge in [0.15, 0.2) is 4.96 Å². The number of nitrogens with zero attached hydrogens (tertiary/aromatic N) is 3. The molecular formula is C17H22N4O3S. The summed E-state index contributed by atoms with van der Waals surface area (Å²) in [4.78, 5) is 31.7. The third-order valence-electron chi connectivity index (χ3n) is 4.73. The van der Waals surface area contributed by atoms with E-state index in [1.54, 1.807) is 11.1 Å². The van der Waals surface area contributed by atoms with E-state index >= 15 is 0 Å². The SMILES string of the molecule is CC(C)(C)OC(=O)N1CC2CC2C1CNC(=O)c1cn2ccsc2n1. The number of carbonyl (C=O) groups is 2. The minimum atomic E-state index is -0.514. The Morgan fingerprint density at radius 1 is 1.44 bits per heavy atom. The Hall–Kier alpha value is -2.09. The number of amides is 2. The standard InChI is InChI=1S/C17H22N4O3S/c1-17(2,3)24-16(23)21-8-10-6-11(10)13(21)7-18-14(22)12-9-20-4-5-25-15(20)19-12/h4-5,9-11,13H,6-8H2,1-3H3,(H,18,22). The van der Waals surface area contributed by atoms with Gasteiger partial charge in [-0.25, -0.2) is 9.78 Å². The lowest BCUT2D eigenvalue weighted by Crippen LogP contribution is -2.47. The molecule has 2 fully saturated rings. The average Bonchev–Trinajstić information content (AvgIpc) is 2.85. The van der Waals surface area contributed by atoms with Crippen molar-refractivity contribution in [2.75, 3.05) is 13.1 Å². The smallest absolute Gasteiger partial charge is 0.410 e. The molecule has 1 aliphatic carbocycles. The Morgan fingerprint density at radius 3 is 2.96 bits per heavy atom. The molecule has 3 unspecified atom stereocenters. The number of likely N-dealkylation sites (tertiary alicyclic amines) is 1. The Balaban J connectivity index is 1.39. The number of hydrogen-bond acceptors (Lipinski definition) is 5. The van der Waals surface area contributed by atoms with Gasteiger partial charge >= 0.3 is 6.09 Å². The summed E-state index contributed by atoms with van der Waals surface area (Å²) in [5.74, 6) is 0.815. The monoisotopic (exact) mass is 362 g/mol. The van der Waals surface area contributed by atoms with Crippen molar-refractivity contribution in [2.24, 2.45) is 11.8 Å². The first kappa shape index (κ1) is 16.4. The van der Waals surface area contributed by atoms with E-state index in [0.717, 1.165) is 17.9 Å². The van der Waals surface area contributed by atoms with Crippen LogP contribution in [-0.4, -0.2) is 51.0 Å². The van der Waals surface area contributed by atoms with Gasteiger partial charge in [0.05, 0.1) is 6.04 Å². The highest BCUT2D eigenvalue weighted by molar-refractivity contribution is 7.15. The summed E-state index contributed by atoms with van der Waals surface area (Å²) in [6.45, 7) is 6.75. The second-order valence-corrected chi connectivity index (χ2v) is 8.66. The third-order valence-corrected chi connectivity index (χ3v) is 5.50. The van der Waals surface area contributed by atoms with Crippen molar-refractivity contribution in [1.29, 1.82) is 0 Å². The van der Waals surface area contributed by atoms with E-state index in [2.05, 4.69) is 10.3 Å². The lowest BCUT2D eigenvalue weighted by Gasteiger charge is -2.30. The molecule has 0 radical (unpaired) electrons. The van der Waals surface area contributed by atoms with Gasteiger partial charge in [-0.2, -0.15) is 0 Å². The van der Waals surface area contributed by atoms with Crippen molar-refractivity contribution in [3.8, 4) is 0 Å². The van der Waals surface area contributed by atoms with Crippen LogP contribution in [0.4, 0.5) is 4.79 Å². The molecule has 0 bridgehead atoms. The second-order valence-electron chi connectivity index (χ2n) is 7.79. The molecule has 134 valence electrons. The fraction of sp³-hybridized carbons (Fsp3) is 0.588. The normalized spacial score (nSPS) is 25.1. The second kappa shape index (κ2) is 5.72. The van der Waals surface area contributed by atoms with Crippen molar-refractivity contribution >= 4 is 28.3 Å². The number of nitrogens with one attached hydrogen (secondary N) is 1. The molecule has 2 aromatic heterocycles. The number of piperidine rings is 1. The van der Waals surface area contributed by atoms with Crippen LogP contribution in [0.25, 0.3) is 4.96 Å². The molecule has 1 saturated carbocycles. The zero-order valence-electron chi connectivity index (χ0n) is 14.6. The van der Waals surface area contributed by atoms with E-state index in [-0.39, 0.29) is 18.0 Å². The summed E-state index contributed by atoms with van der Waals surface area (Å²) in [5.41, 5.74) is -0.110. The molecular weight excluding hydrogens is 340 g/mol. The highest BCUT2D eigenvalue weighted by atomic mass is 32.1. The summed E-state index contributed by atoms with van der Waals surface area (Å²) in [7, 11) is 0. The Labute approximate surface area is 150 Å². The fourth-order valence-corrected chi connectivity index (χ4v) is 4.19. The predicted octanol–water partition coefficient (Wildman–Crippen LogP) is 2.38. The maximum Gasteiger partial charge on any atom is 0.410 e. The first-order valence-electron chi connectivity index (χ1n) is 8.52. The van der Waals surface area contributed by atoms with E-state index in [0.29, 0.717) is 24.1 Å². The van der Waals surface area contributed by atoms with Crippen LogP contribution in [0.1, 0.15) is 37.7 Å². The summed E-state index contributed by atoms with van der Waals surface area (Å²) in [6.07, 6.45) is 4.43. The molecule has 3 atom stereocenters. The minimum absolute atomic E-state index is 0.00697. The van der Waals surface area contributed by atoms with Crippen molar-refractivity contribution in [2.45, 2.75) is 38.8 Å². The van der Waals surface area contributed by atoms with E-state index < -0.39 is 5.60 Å². The van der Waals surface area contributed by atoms with Crippen LogP contribution in [0.5, 0.6) is 0 Å². The molecule has 0 aromatic carbocycles. The average molecular weight is 362 g/mol. The predicted molar refractivity (Wildman–Crippen MR) is 93.7 cm³/mol. The summed E-state index contributed by atoms with van der Waals surface area (Å²) >= 11 is 1.49. The highest BCUT2D eigenvalue weighted by Crippen LogP contribution is 2.49. The Morgan fingerprint density at radius 2 is 2.24 bits per heavy atom. The summed E-state index contributed by atoms with van der Waals surface area (Å²) in [6, 6.07) is 0.00697. The number of ether oxygens (including phenoxy) is 1. The fourth-order valence-electron chi connectivity index (χ4n) is 3.49. The van der Waals surface area contributed by atoms with E-state index in [1.165, 1.54) is 11.3 Å². The number of imidazole rings is 1. The van der Waals surface area contributed by atoms with Gasteiger partial charge in [0, 0.05) is 30.9 Å². The molecule has 25 heavy (non-hydrogen) atoms. The van der Waals surface area contributed by atoms with Crippen LogP contribution in [0.3, 0.4) is 0 Å². The molecule has 2 amide bonds. The largest absolute Gasteiger partial charge is 0.444 e. The molecule has 1 N–H and O–H groups in total. The van der Waals surface area contributed by atoms with Gasteiger partial charge < -0.3 is 15.0 Å². The maximum atomic E-state index is 12.4. The number of hydrogen-bond donors (Lipinski definition) is 1. The number of fused-ring (bicyclic) bond motifs is 2. The van der Waals surface area contributed by atoms with E-state index in [1.807, 2.05) is 36.7 Å². The van der Waals surface area contributed by atoms with Gasteiger partial charge in [-0.3, -0.25) is 9.20 Å². The van der Waals surface area contributed by atoms with E-state index in [4.69, 9.17) is 4.74 Å². The molecule has 4 rings (SSSR count). The highest BCUT2D eigenvalue weighted by Gasteiger charge is 2.54. The van der Waals surface area contributed by atoms with Gasteiger partial charge in [0.2, 0.25) is 0 Å². The van der Waals surface area contributed by atoms with Crippen LogP contribution in [0.2, 0.25) is 0 Å². The summed E-state index contributed by atoms with van der Waals surface area (Å²) < 4.78 is 7.33. The van der Waals surface area contributed by atoms with Crippen LogP contribution >= 0.6 is 11.3 Å². The van der Waals surface area contributed by atoms with Gasteiger partial charge in [-0.15, -0.1) is 11.3 Å². The van der Waals surface area contributed by atoms with Crippen molar-refractivity contribution in [3.05, 3.63) is 23.5 Å². The molecule has 2 aromatic rings. The number of thiazole rings is 1. The first-order chi connectivity index (χ1) is 11.8. The lowest BCUT2D eigenvalue weighted by atomic mass is 10.2. The minimum Gasteiger partial charge on any atom is -0.444 e.